The summed E-state index contributed by atoms with van der Waals surface area (Å²) in [7, 11) is 2.11. The van der Waals surface area contributed by atoms with Crippen LogP contribution in [0.3, 0.4) is 0 Å². The highest BCUT2D eigenvalue weighted by atomic mass is 16.3. The Bertz CT molecular complexity index is 1030. The normalized spacial score (nSPS) is 12.0. The van der Waals surface area contributed by atoms with Crippen molar-refractivity contribution >= 4 is 28.2 Å². The molecule has 0 fully saturated rings. The minimum atomic E-state index is -0.0318. The third kappa shape index (κ3) is 4.52. The van der Waals surface area contributed by atoms with E-state index >= 15 is 0 Å². The highest BCUT2D eigenvalue weighted by Crippen LogP contribution is 2.37. The Morgan fingerprint density at radius 1 is 1.00 bits per heavy atom. The third-order valence-electron chi connectivity index (χ3n) is 6.02. The van der Waals surface area contributed by atoms with E-state index in [2.05, 4.69) is 93.5 Å². The maximum Gasteiger partial charge on any atom is 0.133 e. The van der Waals surface area contributed by atoms with Gasteiger partial charge in [0.25, 0.3) is 0 Å². The first-order valence-corrected chi connectivity index (χ1v) is 11.0. The molecule has 0 aliphatic carbocycles. The molecule has 0 unspecified atom stereocenters. The van der Waals surface area contributed by atoms with Crippen LogP contribution in [0, 0.1) is 0 Å². The molecule has 0 aliphatic heterocycles. The van der Waals surface area contributed by atoms with Gasteiger partial charge in [0.15, 0.2) is 0 Å². The van der Waals surface area contributed by atoms with Gasteiger partial charge in [0.05, 0.1) is 7.05 Å². The van der Waals surface area contributed by atoms with Crippen LogP contribution in [0.25, 0.3) is 16.8 Å². The van der Waals surface area contributed by atoms with Gasteiger partial charge in [-0.2, -0.15) is 0 Å². The van der Waals surface area contributed by atoms with Crippen LogP contribution in [0.15, 0.2) is 60.7 Å². The van der Waals surface area contributed by atoms with E-state index in [1.807, 2.05) is 18.2 Å². The van der Waals surface area contributed by atoms with Gasteiger partial charge in [0.2, 0.25) is 0 Å². The SMILES string of the molecule is CCN(CC)c1ccc(/C=C/CC(C)(C)c2c([NH2+]C)ccc3ccccc23)c(O)c1. The lowest BCUT2D eigenvalue weighted by molar-refractivity contribution is -0.540. The van der Waals surface area contributed by atoms with Crippen molar-refractivity contribution in [3.8, 4) is 5.75 Å². The summed E-state index contributed by atoms with van der Waals surface area (Å²) in [6.45, 7) is 10.7. The Morgan fingerprint density at radius 3 is 2.40 bits per heavy atom. The molecule has 3 nitrogen and oxygen atoms in total. The van der Waals surface area contributed by atoms with Crippen molar-refractivity contribution < 1.29 is 10.4 Å². The number of quaternary nitrogens is 1. The topological polar surface area (TPSA) is 40.1 Å². The minimum absolute atomic E-state index is 0.0318. The van der Waals surface area contributed by atoms with Gasteiger partial charge in [-0.05, 0) is 60.7 Å². The molecule has 158 valence electrons. The number of hydrogen-bond donors (Lipinski definition) is 2. The molecule has 3 rings (SSSR count). The zero-order chi connectivity index (χ0) is 21.7. The molecule has 0 aliphatic rings. The number of benzene rings is 3. The molecule has 0 atom stereocenters. The standard InChI is InChI=1S/C27H34N2O/c1-6-29(7-2)22-16-14-21(25(30)19-22)12-10-18-27(3,4)26-23-13-9-8-11-20(23)15-17-24(26)28-5/h8-17,19,28,30H,6-7,18H2,1-5H3/p+1/b12-10+. The molecular weight excluding hydrogens is 368 g/mol. The lowest BCUT2D eigenvalue weighted by Crippen LogP contribution is -2.73. The molecule has 0 amide bonds. The summed E-state index contributed by atoms with van der Waals surface area (Å²) in [5.74, 6) is 0.334. The molecule has 0 saturated carbocycles. The Hall–Kier alpha value is -2.78. The number of fused-ring (bicyclic) bond motifs is 1. The minimum Gasteiger partial charge on any atom is -0.507 e. The second-order valence-corrected chi connectivity index (χ2v) is 8.45. The zero-order valence-electron chi connectivity index (χ0n) is 18.9. The Labute approximate surface area is 181 Å². The average Bonchev–Trinajstić information content (AvgIpc) is 2.75. The second-order valence-electron chi connectivity index (χ2n) is 8.45. The van der Waals surface area contributed by atoms with Crippen molar-refractivity contribution in [3.05, 3.63) is 71.8 Å². The maximum absolute atomic E-state index is 10.5. The van der Waals surface area contributed by atoms with Crippen molar-refractivity contribution in [2.75, 3.05) is 25.0 Å². The summed E-state index contributed by atoms with van der Waals surface area (Å²) >= 11 is 0. The van der Waals surface area contributed by atoms with E-state index in [9.17, 15) is 5.11 Å². The highest BCUT2D eigenvalue weighted by molar-refractivity contribution is 5.89. The maximum atomic E-state index is 10.5. The van der Waals surface area contributed by atoms with Crippen molar-refractivity contribution in [1.82, 2.24) is 0 Å². The van der Waals surface area contributed by atoms with E-state index in [0.717, 1.165) is 30.8 Å². The van der Waals surface area contributed by atoms with E-state index in [-0.39, 0.29) is 5.41 Å². The van der Waals surface area contributed by atoms with Crippen molar-refractivity contribution in [2.24, 2.45) is 0 Å². The molecule has 0 radical (unpaired) electrons. The molecule has 0 bridgehead atoms. The first-order valence-electron chi connectivity index (χ1n) is 11.0. The van der Waals surface area contributed by atoms with Crippen LogP contribution in [0.4, 0.5) is 11.4 Å². The average molecular weight is 404 g/mol. The van der Waals surface area contributed by atoms with Crippen LogP contribution in [-0.2, 0) is 5.41 Å². The van der Waals surface area contributed by atoms with Crippen LogP contribution in [0.5, 0.6) is 5.75 Å². The van der Waals surface area contributed by atoms with Crippen molar-refractivity contribution in [1.29, 1.82) is 0 Å². The number of phenols is 1. The number of hydrogen-bond acceptors (Lipinski definition) is 2. The van der Waals surface area contributed by atoms with Gasteiger partial charge in [-0.3, -0.25) is 0 Å². The van der Waals surface area contributed by atoms with Gasteiger partial charge in [-0.25, -0.2) is 0 Å². The molecular formula is C27H35N2O+. The Kier molecular flexibility index (Phi) is 6.84. The van der Waals surface area contributed by atoms with Gasteiger partial charge in [-0.15, -0.1) is 0 Å². The van der Waals surface area contributed by atoms with Gasteiger partial charge in [0.1, 0.15) is 11.4 Å². The molecule has 0 heterocycles. The van der Waals surface area contributed by atoms with Crippen molar-refractivity contribution in [2.45, 2.75) is 39.5 Å². The Balaban J connectivity index is 1.87. The van der Waals surface area contributed by atoms with E-state index < -0.39 is 0 Å². The predicted molar refractivity (Wildman–Crippen MR) is 130 cm³/mol. The fourth-order valence-electron chi connectivity index (χ4n) is 4.33. The number of nitrogens with zero attached hydrogens (tertiary/aromatic N) is 1. The molecule has 3 N–H and O–H groups in total. The lowest BCUT2D eigenvalue weighted by Gasteiger charge is -2.26. The molecule has 0 saturated heterocycles. The summed E-state index contributed by atoms with van der Waals surface area (Å²) < 4.78 is 0. The van der Waals surface area contributed by atoms with Gasteiger partial charge >= 0.3 is 0 Å². The smallest absolute Gasteiger partial charge is 0.133 e. The third-order valence-corrected chi connectivity index (χ3v) is 6.02. The van der Waals surface area contributed by atoms with E-state index in [4.69, 9.17) is 0 Å². The molecule has 3 aromatic rings. The lowest BCUT2D eigenvalue weighted by atomic mass is 9.78. The summed E-state index contributed by atoms with van der Waals surface area (Å²) in [6, 6.07) is 19.0. The van der Waals surface area contributed by atoms with E-state index in [0.29, 0.717) is 5.75 Å². The van der Waals surface area contributed by atoms with E-state index in [1.54, 1.807) is 0 Å². The predicted octanol–water partition coefficient (Wildman–Crippen LogP) is 5.60. The first kappa shape index (κ1) is 21.9. The molecule has 30 heavy (non-hydrogen) atoms. The Morgan fingerprint density at radius 2 is 1.73 bits per heavy atom. The van der Waals surface area contributed by atoms with Crippen LogP contribution in [0.1, 0.15) is 45.2 Å². The van der Waals surface area contributed by atoms with Crippen LogP contribution in [-0.4, -0.2) is 25.2 Å². The first-order chi connectivity index (χ1) is 14.4. The number of anilines is 1. The number of allylic oxidation sites excluding steroid dienone is 1. The highest BCUT2D eigenvalue weighted by Gasteiger charge is 2.26. The second kappa shape index (κ2) is 9.36. The van der Waals surface area contributed by atoms with Gasteiger partial charge < -0.3 is 15.3 Å². The molecule has 3 aromatic carbocycles. The molecule has 3 heteroatoms. The number of nitrogens with two attached hydrogens (primary N) is 1. The number of phenolic OH excluding ortho intramolecular Hbond substituents is 1. The molecule has 0 aromatic heterocycles. The van der Waals surface area contributed by atoms with Crippen LogP contribution in [0.2, 0.25) is 0 Å². The fourth-order valence-corrected chi connectivity index (χ4v) is 4.33. The monoisotopic (exact) mass is 403 g/mol. The number of aromatic hydroxyl groups is 1. The van der Waals surface area contributed by atoms with Gasteiger partial charge in [0, 0.05) is 36.0 Å². The quantitative estimate of drug-likeness (QED) is 0.481. The summed E-state index contributed by atoms with van der Waals surface area (Å²) in [5, 5.41) is 15.3. The number of rotatable bonds is 8. The van der Waals surface area contributed by atoms with Gasteiger partial charge in [-0.1, -0.05) is 50.3 Å². The van der Waals surface area contributed by atoms with Crippen LogP contribution >= 0.6 is 0 Å². The van der Waals surface area contributed by atoms with E-state index in [1.165, 1.54) is 22.0 Å². The van der Waals surface area contributed by atoms with Crippen molar-refractivity contribution in [3.63, 3.8) is 0 Å². The largest absolute Gasteiger partial charge is 0.507 e. The van der Waals surface area contributed by atoms with Crippen LogP contribution < -0.4 is 10.2 Å². The summed E-state index contributed by atoms with van der Waals surface area (Å²) in [5.41, 5.74) is 4.57. The zero-order valence-corrected chi connectivity index (χ0v) is 18.9. The molecule has 0 spiro atoms. The summed E-state index contributed by atoms with van der Waals surface area (Å²) in [4.78, 5) is 2.24. The summed E-state index contributed by atoms with van der Waals surface area (Å²) in [6.07, 6.45) is 5.12. The fraction of sp³-hybridized carbons (Fsp3) is 0.333.